The number of aromatic amines is 1. The van der Waals surface area contributed by atoms with Crippen molar-refractivity contribution >= 4 is 16.8 Å². The molecule has 24 heavy (non-hydrogen) atoms. The average molecular weight is 326 g/mol. The summed E-state index contributed by atoms with van der Waals surface area (Å²) in [5.41, 5.74) is 2.54. The Hall–Kier alpha value is -2.10. The van der Waals surface area contributed by atoms with Crippen molar-refractivity contribution in [2.75, 3.05) is 0 Å². The average Bonchev–Trinajstić information content (AvgIpc) is 2.82. The van der Waals surface area contributed by atoms with Gasteiger partial charge in [-0.2, -0.15) is 0 Å². The molecule has 1 aliphatic rings. The number of aryl methyl sites for hydroxylation is 2. The minimum absolute atomic E-state index is 0.0608. The number of rotatable bonds is 4. The van der Waals surface area contributed by atoms with Gasteiger partial charge in [0.15, 0.2) is 0 Å². The van der Waals surface area contributed by atoms with Crippen molar-refractivity contribution in [3.8, 4) is 0 Å². The minimum Gasteiger partial charge on any atom is -0.353 e. The maximum absolute atomic E-state index is 12.2. The lowest BCUT2D eigenvalue weighted by Gasteiger charge is -2.16. The van der Waals surface area contributed by atoms with Gasteiger partial charge in [0.1, 0.15) is 0 Å². The molecule has 1 saturated carbocycles. The molecule has 1 amide bonds. The van der Waals surface area contributed by atoms with E-state index in [1.807, 2.05) is 31.2 Å². The number of H-pyrrole nitrogens is 1. The Morgan fingerprint density at radius 3 is 2.71 bits per heavy atom. The molecule has 0 saturated heterocycles. The molecule has 1 aliphatic carbocycles. The summed E-state index contributed by atoms with van der Waals surface area (Å²) in [5, 5.41) is 4.17. The number of nitrogens with one attached hydrogen (secondary N) is 2. The van der Waals surface area contributed by atoms with Crippen molar-refractivity contribution in [2.24, 2.45) is 0 Å². The summed E-state index contributed by atoms with van der Waals surface area (Å²) in [7, 11) is 0. The Morgan fingerprint density at radius 1 is 1.21 bits per heavy atom. The Bertz CT molecular complexity index is 771. The minimum atomic E-state index is -0.0842. The number of fused-ring (bicyclic) bond motifs is 1. The molecular weight excluding hydrogens is 300 g/mol. The SMILES string of the molecule is Cc1cccc2cc(CCC(=O)NC3CCCCCC3)c(=O)[nH]c12. The third-order valence-corrected chi connectivity index (χ3v) is 5.01. The molecule has 0 unspecified atom stereocenters. The van der Waals surface area contributed by atoms with Crippen LogP contribution in [0.15, 0.2) is 29.1 Å². The topological polar surface area (TPSA) is 62.0 Å². The summed E-state index contributed by atoms with van der Waals surface area (Å²) in [4.78, 5) is 27.4. The summed E-state index contributed by atoms with van der Waals surface area (Å²) >= 11 is 0. The molecule has 1 aromatic carbocycles. The second-order valence-corrected chi connectivity index (χ2v) is 6.92. The third-order valence-electron chi connectivity index (χ3n) is 5.01. The number of hydrogen-bond acceptors (Lipinski definition) is 2. The van der Waals surface area contributed by atoms with Crippen LogP contribution in [0.25, 0.3) is 10.9 Å². The maximum Gasteiger partial charge on any atom is 0.251 e. The summed E-state index contributed by atoms with van der Waals surface area (Å²) < 4.78 is 0. The highest BCUT2D eigenvalue weighted by Gasteiger charge is 2.15. The molecule has 128 valence electrons. The fourth-order valence-corrected chi connectivity index (χ4v) is 3.59. The fraction of sp³-hybridized carbons (Fsp3) is 0.500. The van der Waals surface area contributed by atoms with Gasteiger partial charge in [-0.1, -0.05) is 43.9 Å². The van der Waals surface area contributed by atoms with Crippen LogP contribution in [0.3, 0.4) is 0 Å². The molecule has 0 spiro atoms. The number of amides is 1. The second-order valence-electron chi connectivity index (χ2n) is 6.92. The molecule has 2 N–H and O–H groups in total. The number of aromatic nitrogens is 1. The predicted octanol–water partition coefficient (Wildman–Crippen LogP) is 3.61. The first kappa shape index (κ1) is 16.7. The van der Waals surface area contributed by atoms with Crippen molar-refractivity contribution in [2.45, 2.75) is 64.3 Å². The van der Waals surface area contributed by atoms with Crippen LogP contribution in [0.2, 0.25) is 0 Å². The first-order valence-electron chi connectivity index (χ1n) is 9.04. The van der Waals surface area contributed by atoms with Crippen LogP contribution in [-0.4, -0.2) is 16.9 Å². The van der Waals surface area contributed by atoms with Crippen LogP contribution < -0.4 is 10.9 Å². The predicted molar refractivity (Wildman–Crippen MR) is 97.3 cm³/mol. The number of pyridine rings is 1. The van der Waals surface area contributed by atoms with Crippen LogP contribution in [0.5, 0.6) is 0 Å². The molecule has 0 bridgehead atoms. The van der Waals surface area contributed by atoms with Gasteiger partial charge in [-0.15, -0.1) is 0 Å². The van der Waals surface area contributed by atoms with Crippen LogP contribution in [0.1, 0.15) is 56.1 Å². The summed E-state index contributed by atoms with van der Waals surface area (Å²) in [5.74, 6) is 0.0608. The van der Waals surface area contributed by atoms with E-state index in [4.69, 9.17) is 0 Å². The van der Waals surface area contributed by atoms with Crippen LogP contribution >= 0.6 is 0 Å². The zero-order valence-electron chi connectivity index (χ0n) is 14.4. The van der Waals surface area contributed by atoms with E-state index in [-0.39, 0.29) is 11.5 Å². The molecule has 1 heterocycles. The third kappa shape index (κ3) is 4.05. The molecule has 0 radical (unpaired) electrons. The summed E-state index contributed by atoms with van der Waals surface area (Å²) in [6.45, 7) is 1.98. The molecule has 0 atom stereocenters. The number of para-hydroxylation sites is 1. The van der Waals surface area contributed by atoms with Crippen molar-refractivity contribution in [3.05, 3.63) is 45.7 Å². The molecule has 4 heteroatoms. The monoisotopic (exact) mass is 326 g/mol. The van der Waals surface area contributed by atoms with Gasteiger partial charge in [0, 0.05) is 18.0 Å². The van der Waals surface area contributed by atoms with Crippen LogP contribution in [-0.2, 0) is 11.2 Å². The zero-order valence-corrected chi connectivity index (χ0v) is 14.4. The summed E-state index contributed by atoms with van der Waals surface area (Å²) in [6.07, 6.45) is 7.98. The maximum atomic E-state index is 12.2. The van der Waals surface area contributed by atoms with Gasteiger partial charge in [-0.25, -0.2) is 0 Å². The Labute approximate surface area is 142 Å². The molecule has 2 aromatic rings. The molecule has 3 rings (SSSR count). The largest absolute Gasteiger partial charge is 0.353 e. The van der Waals surface area contributed by atoms with E-state index in [1.54, 1.807) is 0 Å². The van der Waals surface area contributed by atoms with E-state index in [2.05, 4.69) is 10.3 Å². The van der Waals surface area contributed by atoms with Gasteiger partial charge in [0.25, 0.3) is 5.56 Å². The van der Waals surface area contributed by atoms with E-state index in [0.29, 0.717) is 24.4 Å². The molecule has 1 aromatic heterocycles. The Kier molecular flexibility index (Phi) is 5.34. The molecule has 4 nitrogen and oxygen atoms in total. The van der Waals surface area contributed by atoms with E-state index in [9.17, 15) is 9.59 Å². The molecule has 0 aliphatic heterocycles. The first-order valence-corrected chi connectivity index (χ1v) is 9.04. The lowest BCUT2D eigenvalue weighted by Crippen LogP contribution is -2.34. The molecule has 1 fully saturated rings. The number of hydrogen-bond donors (Lipinski definition) is 2. The van der Waals surface area contributed by atoms with Gasteiger partial charge in [0.05, 0.1) is 5.52 Å². The number of benzene rings is 1. The van der Waals surface area contributed by atoms with Gasteiger partial charge in [0.2, 0.25) is 5.91 Å². The van der Waals surface area contributed by atoms with Crippen molar-refractivity contribution in [1.29, 1.82) is 0 Å². The van der Waals surface area contributed by atoms with Crippen LogP contribution in [0, 0.1) is 6.92 Å². The highest BCUT2D eigenvalue weighted by atomic mass is 16.1. The zero-order chi connectivity index (χ0) is 16.9. The quantitative estimate of drug-likeness (QED) is 0.843. The van der Waals surface area contributed by atoms with E-state index < -0.39 is 0 Å². The van der Waals surface area contributed by atoms with Crippen LogP contribution in [0.4, 0.5) is 0 Å². The number of carbonyl (C=O) groups excluding carboxylic acids is 1. The highest BCUT2D eigenvalue weighted by molar-refractivity contribution is 5.82. The standard InChI is InChI=1S/C20H26N2O2/c1-14-7-6-8-15-13-16(20(24)22-19(14)15)11-12-18(23)21-17-9-4-2-3-5-10-17/h6-8,13,17H,2-5,9-12H2,1H3,(H,21,23)(H,22,24). The van der Waals surface area contributed by atoms with Crippen molar-refractivity contribution in [1.82, 2.24) is 10.3 Å². The second kappa shape index (κ2) is 7.65. The van der Waals surface area contributed by atoms with Gasteiger partial charge >= 0.3 is 0 Å². The Morgan fingerprint density at radius 2 is 1.96 bits per heavy atom. The van der Waals surface area contributed by atoms with Crippen molar-refractivity contribution in [3.63, 3.8) is 0 Å². The van der Waals surface area contributed by atoms with E-state index in [0.717, 1.165) is 29.3 Å². The van der Waals surface area contributed by atoms with E-state index in [1.165, 1.54) is 25.7 Å². The lowest BCUT2D eigenvalue weighted by molar-refractivity contribution is -0.121. The van der Waals surface area contributed by atoms with Gasteiger partial charge < -0.3 is 10.3 Å². The number of carbonyl (C=O) groups is 1. The smallest absolute Gasteiger partial charge is 0.251 e. The van der Waals surface area contributed by atoms with E-state index >= 15 is 0 Å². The molecular formula is C20H26N2O2. The fourth-order valence-electron chi connectivity index (χ4n) is 3.59. The first-order chi connectivity index (χ1) is 11.6. The lowest BCUT2D eigenvalue weighted by atomic mass is 10.1. The van der Waals surface area contributed by atoms with Crippen molar-refractivity contribution < 1.29 is 4.79 Å². The van der Waals surface area contributed by atoms with Gasteiger partial charge in [-0.3, -0.25) is 9.59 Å². The normalized spacial score (nSPS) is 16.0. The van der Waals surface area contributed by atoms with Gasteiger partial charge in [-0.05, 0) is 43.2 Å². The summed E-state index contributed by atoms with van der Waals surface area (Å²) in [6, 6.07) is 8.20. The highest BCUT2D eigenvalue weighted by Crippen LogP contribution is 2.18. The Balaban J connectivity index is 1.63.